The Morgan fingerprint density at radius 3 is 2.18 bits per heavy atom. The summed E-state index contributed by atoms with van der Waals surface area (Å²) in [5, 5.41) is 3.78. The van der Waals surface area contributed by atoms with Crippen LogP contribution in [0.3, 0.4) is 0 Å². The standard InChI is InChI=1S/C25H27NO2/c1-17-9-11-19(12-10-17)24(18-7-5-4-6-8-18)25-21-16-23(28-3)22(27-2)15-20(21)13-14-26-25/h4-12,15-16,24-26H,13-14H2,1-3H3/t24-,25-/m0/s1. The predicted octanol–water partition coefficient (Wildman–Crippen LogP) is 5.03. The molecule has 4 rings (SSSR count). The second kappa shape index (κ2) is 8.07. The van der Waals surface area contributed by atoms with Crippen molar-refractivity contribution in [2.45, 2.75) is 25.3 Å². The minimum atomic E-state index is 0.175. The summed E-state index contributed by atoms with van der Waals surface area (Å²) in [5.41, 5.74) is 6.52. The zero-order valence-corrected chi connectivity index (χ0v) is 16.7. The van der Waals surface area contributed by atoms with Gasteiger partial charge in [-0.25, -0.2) is 0 Å². The summed E-state index contributed by atoms with van der Waals surface area (Å²) in [5.74, 6) is 1.80. The van der Waals surface area contributed by atoms with Gasteiger partial charge in [0.1, 0.15) is 0 Å². The second-order valence-corrected chi connectivity index (χ2v) is 7.39. The largest absolute Gasteiger partial charge is 0.493 e. The van der Waals surface area contributed by atoms with Crippen LogP contribution < -0.4 is 14.8 Å². The molecule has 28 heavy (non-hydrogen) atoms. The Balaban J connectivity index is 1.85. The van der Waals surface area contributed by atoms with Crippen molar-refractivity contribution in [1.82, 2.24) is 5.32 Å². The second-order valence-electron chi connectivity index (χ2n) is 7.39. The van der Waals surface area contributed by atoms with Gasteiger partial charge in [-0.2, -0.15) is 0 Å². The number of hydrogen-bond acceptors (Lipinski definition) is 3. The van der Waals surface area contributed by atoms with Crippen LogP contribution in [-0.4, -0.2) is 20.8 Å². The highest BCUT2D eigenvalue weighted by Gasteiger charge is 2.31. The molecular weight excluding hydrogens is 346 g/mol. The molecule has 0 unspecified atom stereocenters. The summed E-state index contributed by atoms with van der Waals surface area (Å²) in [6.07, 6.45) is 0.988. The minimum absolute atomic E-state index is 0.175. The van der Waals surface area contributed by atoms with E-state index in [4.69, 9.17) is 9.47 Å². The lowest BCUT2D eigenvalue weighted by Crippen LogP contribution is -2.34. The van der Waals surface area contributed by atoms with Crippen LogP contribution in [0.5, 0.6) is 11.5 Å². The van der Waals surface area contributed by atoms with Gasteiger partial charge in [0.2, 0.25) is 0 Å². The number of fused-ring (bicyclic) bond motifs is 1. The first-order valence-corrected chi connectivity index (χ1v) is 9.81. The highest BCUT2D eigenvalue weighted by Crippen LogP contribution is 2.43. The Labute approximate surface area is 167 Å². The first kappa shape index (κ1) is 18.6. The SMILES string of the molecule is COc1cc2c(cc1OC)[C@@H]([C@@H](c1ccccc1)c1ccc(C)cc1)NCC2. The molecule has 0 fully saturated rings. The normalized spacial score (nSPS) is 16.9. The quantitative estimate of drug-likeness (QED) is 0.680. The van der Waals surface area contributed by atoms with Gasteiger partial charge < -0.3 is 14.8 Å². The summed E-state index contributed by atoms with van der Waals surface area (Å²) in [4.78, 5) is 0. The van der Waals surface area contributed by atoms with Gasteiger partial charge in [0.15, 0.2) is 11.5 Å². The Kier molecular flexibility index (Phi) is 5.36. The van der Waals surface area contributed by atoms with Crippen LogP contribution in [-0.2, 0) is 6.42 Å². The molecule has 0 saturated heterocycles. The van der Waals surface area contributed by atoms with Crippen molar-refractivity contribution in [3.8, 4) is 11.5 Å². The lowest BCUT2D eigenvalue weighted by atomic mass is 9.78. The number of hydrogen-bond donors (Lipinski definition) is 1. The highest BCUT2D eigenvalue weighted by atomic mass is 16.5. The number of rotatable bonds is 5. The van der Waals surface area contributed by atoms with Crippen LogP contribution in [0.25, 0.3) is 0 Å². The molecule has 0 saturated carbocycles. The van der Waals surface area contributed by atoms with E-state index in [9.17, 15) is 0 Å². The van der Waals surface area contributed by atoms with Crippen LogP contribution in [0.1, 0.15) is 39.8 Å². The number of ether oxygens (including phenoxy) is 2. The van der Waals surface area contributed by atoms with Gasteiger partial charge in [-0.3, -0.25) is 0 Å². The maximum atomic E-state index is 5.60. The Bertz CT molecular complexity index is 935. The summed E-state index contributed by atoms with van der Waals surface area (Å²) < 4.78 is 11.1. The topological polar surface area (TPSA) is 30.5 Å². The van der Waals surface area contributed by atoms with Crippen molar-refractivity contribution in [2.75, 3.05) is 20.8 Å². The number of methoxy groups -OCH3 is 2. The molecule has 0 aliphatic carbocycles. The maximum absolute atomic E-state index is 5.60. The smallest absolute Gasteiger partial charge is 0.161 e. The monoisotopic (exact) mass is 373 g/mol. The van der Waals surface area contributed by atoms with E-state index in [0.29, 0.717) is 0 Å². The fourth-order valence-corrected chi connectivity index (χ4v) is 4.22. The van der Waals surface area contributed by atoms with E-state index in [0.717, 1.165) is 24.5 Å². The molecule has 0 amide bonds. The molecular formula is C25H27NO2. The molecule has 144 valence electrons. The maximum Gasteiger partial charge on any atom is 0.161 e. The van der Waals surface area contributed by atoms with Crippen LogP contribution in [0.15, 0.2) is 66.7 Å². The third-order valence-corrected chi connectivity index (χ3v) is 5.67. The van der Waals surface area contributed by atoms with Crippen molar-refractivity contribution >= 4 is 0 Å². The van der Waals surface area contributed by atoms with E-state index in [1.54, 1.807) is 14.2 Å². The van der Waals surface area contributed by atoms with Crippen LogP contribution in [0, 0.1) is 6.92 Å². The molecule has 3 heteroatoms. The molecule has 3 aromatic carbocycles. The Hall–Kier alpha value is -2.78. The third-order valence-electron chi connectivity index (χ3n) is 5.67. The predicted molar refractivity (Wildman–Crippen MR) is 113 cm³/mol. The van der Waals surface area contributed by atoms with Gasteiger partial charge in [0.25, 0.3) is 0 Å². The summed E-state index contributed by atoms with van der Waals surface area (Å²) >= 11 is 0. The van der Waals surface area contributed by atoms with Gasteiger partial charge in [-0.15, -0.1) is 0 Å². The average molecular weight is 373 g/mol. The minimum Gasteiger partial charge on any atom is -0.493 e. The lowest BCUT2D eigenvalue weighted by Gasteiger charge is -2.35. The van der Waals surface area contributed by atoms with Crippen molar-refractivity contribution in [3.63, 3.8) is 0 Å². The molecule has 3 aromatic rings. The summed E-state index contributed by atoms with van der Waals surface area (Å²) in [6.45, 7) is 3.08. The van der Waals surface area contributed by atoms with Crippen molar-refractivity contribution < 1.29 is 9.47 Å². The molecule has 3 nitrogen and oxygen atoms in total. The van der Waals surface area contributed by atoms with Gasteiger partial charge >= 0.3 is 0 Å². The van der Waals surface area contributed by atoms with Gasteiger partial charge in [0, 0.05) is 12.0 Å². The zero-order chi connectivity index (χ0) is 19.5. The molecule has 1 aliphatic rings. The van der Waals surface area contributed by atoms with Gasteiger partial charge in [0.05, 0.1) is 14.2 Å². The van der Waals surface area contributed by atoms with Crippen molar-refractivity contribution in [2.24, 2.45) is 0 Å². The summed E-state index contributed by atoms with van der Waals surface area (Å²) in [7, 11) is 3.39. The fraction of sp³-hybridized carbons (Fsp3) is 0.280. The molecule has 0 spiro atoms. The van der Waals surface area contributed by atoms with Crippen LogP contribution in [0.2, 0.25) is 0 Å². The van der Waals surface area contributed by atoms with E-state index in [1.807, 2.05) is 0 Å². The van der Waals surface area contributed by atoms with E-state index < -0.39 is 0 Å². The van der Waals surface area contributed by atoms with Crippen LogP contribution in [0.4, 0.5) is 0 Å². The molecule has 2 atom stereocenters. The summed E-state index contributed by atoms with van der Waals surface area (Å²) in [6, 6.07) is 24.1. The van der Waals surface area contributed by atoms with E-state index >= 15 is 0 Å². The van der Waals surface area contributed by atoms with Gasteiger partial charge in [-0.05, 0) is 54.3 Å². The Morgan fingerprint density at radius 2 is 1.50 bits per heavy atom. The molecule has 1 heterocycles. The molecule has 1 N–H and O–H groups in total. The lowest BCUT2D eigenvalue weighted by molar-refractivity contribution is 0.351. The zero-order valence-electron chi connectivity index (χ0n) is 16.7. The first-order chi connectivity index (χ1) is 13.7. The molecule has 1 aliphatic heterocycles. The average Bonchev–Trinajstić information content (AvgIpc) is 2.75. The van der Waals surface area contributed by atoms with Gasteiger partial charge in [-0.1, -0.05) is 60.2 Å². The molecule has 0 bridgehead atoms. The Morgan fingerprint density at radius 1 is 0.857 bits per heavy atom. The van der Waals surface area contributed by atoms with E-state index in [1.165, 1.54) is 27.8 Å². The van der Waals surface area contributed by atoms with E-state index in [-0.39, 0.29) is 12.0 Å². The van der Waals surface area contributed by atoms with Crippen LogP contribution >= 0.6 is 0 Å². The van der Waals surface area contributed by atoms with Crippen molar-refractivity contribution in [1.29, 1.82) is 0 Å². The number of aryl methyl sites for hydroxylation is 1. The first-order valence-electron chi connectivity index (χ1n) is 9.81. The fourth-order valence-electron chi connectivity index (χ4n) is 4.22. The third kappa shape index (κ3) is 3.50. The number of nitrogens with one attached hydrogen (secondary N) is 1. The van der Waals surface area contributed by atoms with E-state index in [2.05, 4.69) is 79.0 Å². The molecule has 0 radical (unpaired) electrons. The number of benzene rings is 3. The van der Waals surface area contributed by atoms with Crippen molar-refractivity contribution in [3.05, 3.63) is 94.5 Å². The molecule has 0 aromatic heterocycles. The highest BCUT2D eigenvalue weighted by molar-refractivity contribution is 5.51.